The lowest BCUT2D eigenvalue weighted by molar-refractivity contribution is -0.146. The third-order valence-corrected chi connectivity index (χ3v) is 5.38. The quantitative estimate of drug-likeness (QED) is 0.788. The van der Waals surface area contributed by atoms with E-state index >= 15 is 0 Å². The molecule has 0 aliphatic carbocycles. The predicted octanol–water partition coefficient (Wildman–Crippen LogP) is 2.67. The van der Waals surface area contributed by atoms with Gasteiger partial charge in [0.1, 0.15) is 6.04 Å². The first-order chi connectivity index (χ1) is 10.4. The predicted molar refractivity (Wildman–Crippen MR) is 85.8 cm³/mol. The number of benzene rings is 1. The van der Waals surface area contributed by atoms with Crippen LogP contribution in [0.3, 0.4) is 0 Å². The topological polar surface area (TPSA) is 63.7 Å². The Balaban J connectivity index is 2.20. The number of carbonyl (C=O) groups is 1. The molecule has 0 radical (unpaired) electrons. The molecule has 0 saturated carbocycles. The zero-order valence-corrected chi connectivity index (χ0v) is 13.8. The van der Waals surface area contributed by atoms with Gasteiger partial charge >= 0.3 is 5.97 Å². The van der Waals surface area contributed by atoms with Crippen LogP contribution in [0.2, 0.25) is 5.02 Å². The normalized spacial score (nSPS) is 20.2. The molecule has 1 atom stereocenters. The third kappa shape index (κ3) is 4.09. The van der Waals surface area contributed by atoms with Gasteiger partial charge in [-0.05, 0) is 43.0 Å². The second kappa shape index (κ2) is 7.26. The van der Waals surface area contributed by atoms with Crippen molar-refractivity contribution in [1.82, 2.24) is 4.31 Å². The number of halogens is 1. The van der Waals surface area contributed by atoms with Crippen LogP contribution >= 0.6 is 11.6 Å². The van der Waals surface area contributed by atoms with Crippen LogP contribution in [0.25, 0.3) is 6.08 Å². The van der Waals surface area contributed by atoms with Crippen LogP contribution < -0.4 is 0 Å². The van der Waals surface area contributed by atoms with Crippen molar-refractivity contribution in [3.05, 3.63) is 40.3 Å². The van der Waals surface area contributed by atoms with Crippen LogP contribution in [0.4, 0.5) is 0 Å². The Morgan fingerprint density at radius 2 is 2.00 bits per heavy atom. The summed E-state index contributed by atoms with van der Waals surface area (Å²) >= 11 is 5.79. The molecule has 5 nitrogen and oxygen atoms in total. The Labute approximate surface area is 135 Å². The summed E-state index contributed by atoms with van der Waals surface area (Å²) in [5.74, 6) is -0.511. The van der Waals surface area contributed by atoms with Crippen molar-refractivity contribution in [3.8, 4) is 0 Å². The monoisotopic (exact) mass is 343 g/mol. The molecule has 0 amide bonds. The Morgan fingerprint density at radius 3 is 2.64 bits per heavy atom. The maximum atomic E-state index is 12.5. The van der Waals surface area contributed by atoms with E-state index in [0.29, 0.717) is 18.0 Å². The maximum Gasteiger partial charge on any atom is 0.324 e. The van der Waals surface area contributed by atoms with Crippen molar-refractivity contribution in [2.24, 2.45) is 0 Å². The van der Waals surface area contributed by atoms with E-state index in [0.717, 1.165) is 23.8 Å². The van der Waals surface area contributed by atoms with Crippen LogP contribution in [-0.4, -0.2) is 38.4 Å². The van der Waals surface area contributed by atoms with Crippen molar-refractivity contribution in [1.29, 1.82) is 0 Å². The number of esters is 1. The fraction of sp³-hybridized carbons (Fsp3) is 0.400. The number of carbonyl (C=O) groups excluding carboxylic acids is 1. The molecule has 0 aromatic heterocycles. The molecule has 1 fully saturated rings. The van der Waals surface area contributed by atoms with E-state index in [1.165, 1.54) is 17.5 Å². The zero-order chi connectivity index (χ0) is 16.2. The fourth-order valence-electron chi connectivity index (χ4n) is 2.40. The molecule has 22 heavy (non-hydrogen) atoms. The molecule has 1 aromatic rings. The number of methoxy groups -OCH3 is 1. The minimum absolute atomic E-state index is 0.326. The van der Waals surface area contributed by atoms with Gasteiger partial charge in [-0.2, -0.15) is 4.31 Å². The highest BCUT2D eigenvalue weighted by Gasteiger charge is 2.36. The lowest BCUT2D eigenvalue weighted by Crippen LogP contribution is -2.47. The van der Waals surface area contributed by atoms with Gasteiger partial charge < -0.3 is 4.74 Å². The highest BCUT2D eigenvalue weighted by atomic mass is 35.5. The van der Waals surface area contributed by atoms with Crippen molar-refractivity contribution >= 4 is 33.7 Å². The first kappa shape index (κ1) is 17.0. The van der Waals surface area contributed by atoms with E-state index in [1.54, 1.807) is 24.3 Å². The van der Waals surface area contributed by atoms with Crippen LogP contribution in [0.15, 0.2) is 29.7 Å². The molecule has 1 aliphatic heterocycles. The van der Waals surface area contributed by atoms with Gasteiger partial charge in [0.15, 0.2) is 0 Å². The Kier molecular flexibility index (Phi) is 5.61. The second-order valence-corrected chi connectivity index (χ2v) is 7.25. The van der Waals surface area contributed by atoms with Crippen molar-refractivity contribution < 1.29 is 17.9 Å². The van der Waals surface area contributed by atoms with Crippen LogP contribution in [0.1, 0.15) is 24.8 Å². The lowest BCUT2D eigenvalue weighted by atomic mass is 10.1. The summed E-state index contributed by atoms with van der Waals surface area (Å²) in [5.41, 5.74) is 0.722. The van der Waals surface area contributed by atoms with Crippen LogP contribution in [-0.2, 0) is 19.6 Å². The summed E-state index contributed by atoms with van der Waals surface area (Å²) in [6.45, 7) is 0.326. The Morgan fingerprint density at radius 1 is 1.32 bits per heavy atom. The first-order valence-electron chi connectivity index (χ1n) is 6.97. The largest absolute Gasteiger partial charge is 0.468 e. The van der Waals surface area contributed by atoms with Crippen LogP contribution in [0.5, 0.6) is 0 Å². The molecule has 7 heteroatoms. The Hall–Kier alpha value is -1.37. The SMILES string of the molecule is COC(=O)C1CCCCN1S(=O)(=O)/C=C/c1ccc(Cl)cc1. The number of nitrogens with zero attached hydrogens (tertiary/aromatic N) is 1. The van der Waals surface area contributed by atoms with Crippen molar-refractivity contribution in [2.45, 2.75) is 25.3 Å². The average molecular weight is 344 g/mol. The summed E-state index contributed by atoms with van der Waals surface area (Å²) in [4.78, 5) is 11.8. The van der Waals surface area contributed by atoms with Gasteiger partial charge in [-0.3, -0.25) is 4.79 Å². The van der Waals surface area contributed by atoms with E-state index < -0.39 is 22.0 Å². The number of rotatable bonds is 4. The molecule has 0 spiro atoms. The molecule has 0 bridgehead atoms. The molecule has 1 aliphatic rings. The minimum Gasteiger partial charge on any atom is -0.468 e. The average Bonchev–Trinajstić information content (AvgIpc) is 2.53. The number of sulfonamides is 1. The standard InChI is InChI=1S/C15H18ClNO4S/c1-21-15(18)14-4-2-3-10-17(14)22(19,20)11-9-12-5-7-13(16)8-6-12/h5-9,11,14H,2-4,10H2,1H3/b11-9+. The highest BCUT2D eigenvalue weighted by Crippen LogP contribution is 2.23. The molecule has 1 unspecified atom stereocenters. The fourth-order valence-corrected chi connectivity index (χ4v) is 3.94. The van der Waals surface area contributed by atoms with Gasteiger partial charge in [0.25, 0.3) is 0 Å². The van der Waals surface area contributed by atoms with Gasteiger partial charge in [-0.1, -0.05) is 23.7 Å². The molecular weight excluding hydrogens is 326 g/mol. The minimum atomic E-state index is -3.68. The van der Waals surface area contributed by atoms with Gasteiger partial charge in [-0.25, -0.2) is 8.42 Å². The van der Waals surface area contributed by atoms with E-state index in [-0.39, 0.29) is 0 Å². The van der Waals surface area contributed by atoms with Crippen molar-refractivity contribution in [2.75, 3.05) is 13.7 Å². The van der Waals surface area contributed by atoms with E-state index in [2.05, 4.69) is 0 Å². The second-order valence-electron chi connectivity index (χ2n) is 5.04. The third-order valence-electron chi connectivity index (χ3n) is 3.56. The molecule has 0 N–H and O–H groups in total. The molecule has 1 saturated heterocycles. The summed E-state index contributed by atoms with van der Waals surface area (Å²) in [5, 5.41) is 1.71. The van der Waals surface area contributed by atoms with Gasteiger partial charge in [-0.15, -0.1) is 0 Å². The zero-order valence-electron chi connectivity index (χ0n) is 12.2. The summed E-state index contributed by atoms with van der Waals surface area (Å²) in [6, 6.07) is 6.08. The molecule has 1 aromatic carbocycles. The molecule has 120 valence electrons. The molecule has 2 rings (SSSR count). The van der Waals surface area contributed by atoms with Crippen LogP contribution in [0, 0.1) is 0 Å². The first-order valence-corrected chi connectivity index (χ1v) is 8.85. The lowest BCUT2D eigenvalue weighted by Gasteiger charge is -2.31. The smallest absolute Gasteiger partial charge is 0.324 e. The molecule has 1 heterocycles. The van der Waals surface area contributed by atoms with Crippen molar-refractivity contribution in [3.63, 3.8) is 0 Å². The highest BCUT2D eigenvalue weighted by molar-refractivity contribution is 7.92. The van der Waals surface area contributed by atoms with Gasteiger partial charge in [0.05, 0.1) is 7.11 Å². The van der Waals surface area contributed by atoms with E-state index in [9.17, 15) is 13.2 Å². The number of ether oxygens (including phenoxy) is 1. The maximum absolute atomic E-state index is 12.5. The number of hydrogen-bond donors (Lipinski definition) is 0. The van der Waals surface area contributed by atoms with Gasteiger partial charge in [0.2, 0.25) is 10.0 Å². The van der Waals surface area contributed by atoms with E-state index in [1.807, 2.05) is 0 Å². The van der Waals surface area contributed by atoms with Gasteiger partial charge in [0, 0.05) is 17.0 Å². The summed E-state index contributed by atoms with van der Waals surface area (Å²) < 4.78 is 30.8. The van der Waals surface area contributed by atoms with E-state index in [4.69, 9.17) is 16.3 Å². The Bertz CT molecular complexity index is 655. The summed E-state index contributed by atoms with van der Waals surface area (Å²) in [7, 11) is -2.41. The number of hydrogen-bond acceptors (Lipinski definition) is 4. The summed E-state index contributed by atoms with van der Waals surface area (Å²) in [6.07, 6.45) is 3.53. The number of piperidine rings is 1. The molecular formula is C15H18ClNO4S.